The molecule has 0 saturated heterocycles. The molecule has 0 spiro atoms. The van der Waals surface area contributed by atoms with Crippen molar-refractivity contribution in [2.75, 3.05) is 0 Å². The Kier molecular flexibility index (Phi) is 3.05. The summed E-state index contributed by atoms with van der Waals surface area (Å²) in [7, 11) is 0. The van der Waals surface area contributed by atoms with Crippen molar-refractivity contribution in [3.8, 4) is 6.07 Å². The summed E-state index contributed by atoms with van der Waals surface area (Å²) in [5, 5.41) is 8.53. The molecule has 0 aromatic heterocycles. The highest BCUT2D eigenvalue weighted by atomic mass is 14.6. The molecule has 2 heteroatoms. The van der Waals surface area contributed by atoms with Crippen molar-refractivity contribution in [2.24, 2.45) is 5.73 Å². The van der Waals surface area contributed by atoms with E-state index in [1.807, 2.05) is 19.1 Å². The maximum Gasteiger partial charge on any atom is 0.0641 e. The van der Waals surface area contributed by atoms with Crippen LogP contribution >= 0.6 is 0 Å². The molecule has 1 rings (SSSR count). The van der Waals surface area contributed by atoms with E-state index in [0.717, 1.165) is 5.56 Å². The number of aryl methyl sites for hydroxylation is 1. The van der Waals surface area contributed by atoms with E-state index < -0.39 is 0 Å². The van der Waals surface area contributed by atoms with Crippen LogP contribution in [-0.2, 0) is 0 Å². The molecule has 2 N–H and O–H groups in total. The van der Waals surface area contributed by atoms with Crippen LogP contribution in [0.2, 0.25) is 0 Å². The molecule has 0 aliphatic rings. The molecule has 1 aromatic carbocycles. The minimum Gasteiger partial charge on any atom is -0.323 e. The van der Waals surface area contributed by atoms with Crippen molar-refractivity contribution in [1.82, 2.24) is 0 Å². The normalized spacial score (nSPS) is 12.2. The molecule has 1 atom stereocenters. The van der Waals surface area contributed by atoms with E-state index in [1.165, 1.54) is 11.1 Å². The summed E-state index contributed by atoms with van der Waals surface area (Å²) >= 11 is 0. The maximum absolute atomic E-state index is 8.53. The van der Waals surface area contributed by atoms with Crippen LogP contribution in [0.4, 0.5) is 0 Å². The fourth-order valence-electron chi connectivity index (χ4n) is 1.38. The van der Waals surface area contributed by atoms with Gasteiger partial charge in [0.1, 0.15) is 0 Å². The standard InChI is InChI=1S/C11H14N2/c1-8-4-3-5-10(9(8)2)11(13)6-7-12/h3-5,11H,6,13H2,1-2H3/t11-/m1/s1. The van der Waals surface area contributed by atoms with Crippen molar-refractivity contribution >= 4 is 0 Å². The first-order chi connectivity index (χ1) is 6.16. The lowest BCUT2D eigenvalue weighted by atomic mass is 9.97. The Hall–Kier alpha value is -1.33. The quantitative estimate of drug-likeness (QED) is 0.747. The number of rotatable bonds is 2. The number of hydrogen-bond acceptors (Lipinski definition) is 2. The van der Waals surface area contributed by atoms with Crippen LogP contribution in [0.3, 0.4) is 0 Å². The lowest BCUT2D eigenvalue weighted by Gasteiger charge is -2.12. The molecular weight excluding hydrogens is 160 g/mol. The van der Waals surface area contributed by atoms with E-state index in [-0.39, 0.29) is 6.04 Å². The Morgan fingerprint density at radius 2 is 2.15 bits per heavy atom. The number of nitrogens with two attached hydrogens (primary N) is 1. The summed E-state index contributed by atoms with van der Waals surface area (Å²) in [5.41, 5.74) is 9.36. The molecule has 0 bridgehead atoms. The van der Waals surface area contributed by atoms with Gasteiger partial charge >= 0.3 is 0 Å². The predicted molar refractivity (Wildman–Crippen MR) is 53.1 cm³/mol. The van der Waals surface area contributed by atoms with Gasteiger partial charge in [-0.2, -0.15) is 5.26 Å². The largest absolute Gasteiger partial charge is 0.323 e. The molecule has 0 fully saturated rings. The van der Waals surface area contributed by atoms with Gasteiger partial charge in [0.25, 0.3) is 0 Å². The van der Waals surface area contributed by atoms with Gasteiger partial charge in [0, 0.05) is 6.04 Å². The third-order valence-electron chi connectivity index (χ3n) is 2.36. The molecule has 0 saturated carbocycles. The Morgan fingerprint density at radius 3 is 2.77 bits per heavy atom. The second kappa shape index (κ2) is 4.06. The molecule has 0 radical (unpaired) electrons. The lowest BCUT2D eigenvalue weighted by molar-refractivity contribution is 0.741. The van der Waals surface area contributed by atoms with Gasteiger partial charge in [-0.1, -0.05) is 18.2 Å². The van der Waals surface area contributed by atoms with Gasteiger partial charge in [0.05, 0.1) is 12.5 Å². The molecule has 13 heavy (non-hydrogen) atoms. The van der Waals surface area contributed by atoms with E-state index >= 15 is 0 Å². The summed E-state index contributed by atoms with van der Waals surface area (Å²) in [6.45, 7) is 4.10. The first kappa shape index (κ1) is 9.76. The zero-order chi connectivity index (χ0) is 9.84. The Balaban J connectivity index is 3.02. The fourth-order valence-corrected chi connectivity index (χ4v) is 1.38. The second-order valence-corrected chi connectivity index (χ2v) is 3.26. The molecule has 2 nitrogen and oxygen atoms in total. The number of nitrogens with zero attached hydrogens (tertiary/aromatic N) is 1. The highest BCUT2D eigenvalue weighted by Gasteiger charge is 2.08. The van der Waals surface area contributed by atoms with E-state index in [1.54, 1.807) is 0 Å². The number of nitriles is 1. The molecular formula is C11H14N2. The summed E-state index contributed by atoms with van der Waals surface area (Å²) in [5.74, 6) is 0. The van der Waals surface area contributed by atoms with E-state index in [2.05, 4.69) is 19.1 Å². The lowest BCUT2D eigenvalue weighted by Crippen LogP contribution is -2.11. The van der Waals surface area contributed by atoms with Crippen molar-refractivity contribution in [3.05, 3.63) is 34.9 Å². The monoisotopic (exact) mass is 174 g/mol. The summed E-state index contributed by atoms with van der Waals surface area (Å²) in [6, 6.07) is 7.96. The van der Waals surface area contributed by atoms with Crippen LogP contribution in [0.1, 0.15) is 29.2 Å². The van der Waals surface area contributed by atoms with Gasteiger partial charge in [0.2, 0.25) is 0 Å². The van der Waals surface area contributed by atoms with Crippen LogP contribution in [-0.4, -0.2) is 0 Å². The zero-order valence-corrected chi connectivity index (χ0v) is 8.04. The Labute approximate surface area is 79.0 Å². The molecule has 0 heterocycles. The highest BCUT2D eigenvalue weighted by molar-refractivity contribution is 5.35. The van der Waals surface area contributed by atoms with Crippen molar-refractivity contribution in [2.45, 2.75) is 26.3 Å². The second-order valence-electron chi connectivity index (χ2n) is 3.26. The summed E-state index contributed by atoms with van der Waals surface area (Å²) in [4.78, 5) is 0. The third-order valence-corrected chi connectivity index (χ3v) is 2.36. The number of benzene rings is 1. The topological polar surface area (TPSA) is 49.8 Å². The van der Waals surface area contributed by atoms with Gasteiger partial charge in [-0.05, 0) is 30.5 Å². The van der Waals surface area contributed by atoms with Crippen molar-refractivity contribution < 1.29 is 0 Å². The number of hydrogen-bond donors (Lipinski definition) is 1. The highest BCUT2D eigenvalue weighted by Crippen LogP contribution is 2.20. The van der Waals surface area contributed by atoms with Gasteiger partial charge in [-0.3, -0.25) is 0 Å². The van der Waals surface area contributed by atoms with Crippen LogP contribution < -0.4 is 5.73 Å². The van der Waals surface area contributed by atoms with E-state index in [4.69, 9.17) is 11.0 Å². The first-order valence-corrected chi connectivity index (χ1v) is 4.35. The smallest absolute Gasteiger partial charge is 0.0641 e. The van der Waals surface area contributed by atoms with Crippen molar-refractivity contribution in [1.29, 1.82) is 5.26 Å². The Bertz CT molecular complexity index is 336. The van der Waals surface area contributed by atoms with E-state index in [0.29, 0.717) is 6.42 Å². The van der Waals surface area contributed by atoms with Crippen LogP contribution in [0, 0.1) is 25.2 Å². The maximum atomic E-state index is 8.53. The van der Waals surface area contributed by atoms with Gasteiger partial charge in [-0.15, -0.1) is 0 Å². The Morgan fingerprint density at radius 1 is 1.46 bits per heavy atom. The third kappa shape index (κ3) is 2.07. The summed E-state index contributed by atoms with van der Waals surface area (Å²) < 4.78 is 0. The average Bonchev–Trinajstić information content (AvgIpc) is 2.10. The van der Waals surface area contributed by atoms with Gasteiger partial charge in [0.15, 0.2) is 0 Å². The van der Waals surface area contributed by atoms with Crippen LogP contribution in [0.15, 0.2) is 18.2 Å². The van der Waals surface area contributed by atoms with Crippen LogP contribution in [0.5, 0.6) is 0 Å². The molecule has 68 valence electrons. The van der Waals surface area contributed by atoms with Crippen molar-refractivity contribution in [3.63, 3.8) is 0 Å². The molecule has 0 amide bonds. The molecule has 0 aliphatic carbocycles. The first-order valence-electron chi connectivity index (χ1n) is 4.35. The fraction of sp³-hybridized carbons (Fsp3) is 0.364. The SMILES string of the molecule is Cc1cccc([C@H](N)CC#N)c1C. The molecule has 0 unspecified atom stereocenters. The minimum absolute atomic E-state index is 0.148. The van der Waals surface area contributed by atoms with E-state index in [9.17, 15) is 0 Å². The van der Waals surface area contributed by atoms with Crippen LogP contribution in [0.25, 0.3) is 0 Å². The average molecular weight is 174 g/mol. The van der Waals surface area contributed by atoms with Gasteiger partial charge in [-0.25, -0.2) is 0 Å². The zero-order valence-electron chi connectivity index (χ0n) is 8.04. The van der Waals surface area contributed by atoms with Gasteiger partial charge < -0.3 is 5.73 Å². The summed E-state index contributed by atoms with van der Waals surface area (Å²) in [6.07, 6.45) is 0.379. The molecule has 1 aromatic rings. The predicted octanol–water partition coefficient (Wildman–Crippen LogP) is 2.22. The minimum atomic E-state index is -0.148. The molecule has 0 aliphatic heterocycles.